The summed E-state index contributed by atoms with van der Waals surface area (Å²) in [4.78, 5) is 28.4. The van der Waals surface area contributed by atoms with Gasteiger partial charge in [-0.3, -0.25) is 0 Å². The molecular weight excluding hydrogens is 278 g/mol. The Bertz CT molecular complexity index is 475. The molecule has 0 aromatic carbocycles. The fourth-order valence-electron chi connectivity index (χ4n) is 1.62. The van der Waals surface area contributed by atoms with E-state index in [1.165, 1.54) is 16.7 Å². The molecule has 0 aliphatic heterocycles. The fourth-order valence-corrected chi connectivity index (χ4v) is 2.42. The van der Waals surface area contributed by atoms with Crippen molar-refractivity contribution in [3.8, 4) is 0 Å². The van der Waals surface area contributed by atoms with Crippen LogP contribution in [0.15, 0.2) is 5.38 Å². The second-order valence-electron chi connectivity index (χ2n) is 4.94. The number of carbonyl (C=O) groups excluding carboxylic acids is 1. The van der Waals surface area contributed by atoms with Crippen LogP contribution in [0.1, 0.15) is 48.7 Å². The normalized spacial score (nSPS) is 13.6. The number of thiazole rings is 1. The summed E-state index contributed by atoms with van der Waals surface area (Å²) in [5, 5.41) is 13.7. The molecule has 1 rings (SSSR count). The predicted molar refractivity (Wildman–Crippen MR) is 78.1 cm³/mol. The van der Waals surface area contributed by atoms with Crippen LogP contribution >= 0.6 is 11.3 Å². The molecule has 6 nitrogen and oxygen atoms in total. The van der Waals surface area contributed by atoms with E-state index in [-0.39, 0.29) is 17.8 Å². The minimum absolute atomic E-state index is 0.0130. The van der Waals surface area contributed by atoms with Crippen LogP contribution in [0.4, 0.5) is 4.79 Å². The number of amides is 2. The minimum Gasteiger partial charge on any atom is -0.476 e. The van der Waals surface area contributed by atoms with Crippen LogP contribution in [-0.2, 0) is 0 Å². The Labute approximate surface area is 122 Å². The van der Waals surface area contributed by atoms with E-state index in [0.717, 1.165) is 6.42 Å². The van der Waals surface area contributed by atoms with Crippen molar-refractivity contribution in [3.05, 3.63) is 16.1 Å². The predicted octanol–water partition coefficient (Wildman–Crippen LogP) is 2.59. The highest BCUT2D eigenvalue weighted by molar-refractivity contribution is 7.09. The lowest BCUT2D eigenvalue weighted by Gasteiger charge is -2.23. The van der Waals surface area contributed by atoms with Crippen LogP contribution in [0.2, 0.25) is 0 Å². The summed E-state index contributed by atoms with van der Waals surface area (Å²) in [5.74, 6) is -0.612. The molecule has 0 radical (unpaired) electrons. The third kappa shape index (κ3) is 4.48. The average molecular weight is 299 g/mol. The van der Waals surface area contributed by atoms with Gasteiger partial charge in [0.15, 0.2) is 5.69 Å². The van der Waals surface area contributed by atoms with Crippen molar-refractivity contribution < 1.29 is 14.7 Å². The van der Waals surface area contributed by atoms with Crippen molar-refractivity contribution in [3.63, 3.8) is 0 Å². The molecule has 2 amide bonds. The number of nitrogens with zero attached hydrogens (tertiary/aromatic N) is 2. The molecule has 0 fully saturated rings. The lowest BCUT2D eigenvalue weighted by Crippen LogP contribution is -2.40. The number of rotatable bonds is 6. The molecule has 1 aromatic heterocycles. The SMILES string of the molecule is CCC(C)CN(C)C(=O)NC(C)c1nc(C(=O)O)cs1. The first-order valence-electron chi connectivity index (χ1n) is 6.55. The maximum atomic E-state index is 12.0. The number of aromatic carboxylic acids is 1. The van der Waals surface area contributed by atoms with Gasteiger partial charge in [0.2, 0.25) is 0 Å². The molecule has 0 saturated heterocycles. The van der Waals surface area contributed by atoms with Crippen molar-refractivity contribution in [2.45, 2.75) is 33.2 Å². The molecule has 20 heavy (non-hydrogen) atoms. The zero-order valence-electron chi connectivity index (χ0n) is 12.2. The van der Waals surface area contributed by atoms with E-state index in [9.17, 15) is 9.59 Å². The summed E-state index contributed by atoms with van der Waals surface area (Å²) in [6.45, 7) is 6.65. The second kappa shape index (κ2) is 7.23. The van der Waals surface area contributed by atoms with Gasteiger partial charge in [0, 0.05) is 19.0 Å². The number of nitrogens with one attached hydrogen (secondary N) is 1. The summed E-state index contributed by atoms with van der Waals surface area (Å²) >= 11 is 1.23. The van der Waals surface area contributed by atoms with E-state index >= 15 is 0 Å². The Morgan fingerprint density at radius 1 is 1.50 bits per heavy atom. The summed E-state index contributed by atoms with van der Waals surface area (Å²) < 4.78 is 0. The number of hydrogen-bond acceptors (Lipinski definition) is 4. The Morgan fingerprint density at radius 2 is 2.15 bits per heavy atom. The van der Waals surface area contributed by atoms with Gasteiger partial charge in [0.05, 0.1) is 6.04 Å². The average Bonchev–Trinajstić information content (AvgIpc) is 2.88. The zero-order chi connectivity index (χ0) is 15.3. The van der Waals surface area contributed by atoms with Crippen molar-refractivity contribution in [2.24, 2.45) is 5.92 Å². The van der Waals surface area contributed by atoms with Gasteiger partial charge in [-0.25, -0.2) is 14.6 Å². The number of carboxylic acids is 1. The molecule has 0 aliphatic rings. The van der Waals surface area contributed by atoms with E-state index in [4.69, 9.17) is 5.11 Å². The number of hydrogen-bond donors (Lipinski definition) is 2. The quantitative estimate of drug-likeness (QED) is 0.845. The van der Waals surface area contributed by atoms with E-state index in [1.807, 2.05) is 0 Å². The number of carbonyl (C=O) groups is 2. The Morgan fingerprint density at radius 3 is 2.65 bits per heavy atom. The van der Waals surface area contributed by atoms with Gasteiger partial charge in [-0.15, -0.1) is 11.3 Å². The fraction of sp³-hybridized carbons (Fsp3) is 0.615. The monoisotopic (exact) mass is 299 g/mol. The molecular formula is C13H21N3O3S. The van der Waals surface area contributed by atoms with Gasteiger partial charge in [-0.05, 0) is 12.8 Å². The molecule has 0 spiro atoms. The van der Waals surface area contributed by atoms with Crippen LogP contribution in [0, 0.1) is 5.92 Å². The summed E-state index contributed by atoms with van der Waals surface area (Å²) in [6.07, 6.45) is 1.02. The van der Waals surface area contributed by atoms with Crippen LogP contribution in [0.3, 0.4) is 0 Å². The van der Waals surface area contributed by atoms with Crippen molar-refractivity contribution in [1.82, 2.24) is 15.2 Å². The molecule has 2 unspecified atom stereocenters. The lowest BCUT2D eigenvalue weighted by molar-refractivity contribution is 0.0691. The molecule has 0 bridgehead atoms. The molecule has 2 atom stereocenters. The summed E-state index contributed by atoms with van der Waals surface area (Å²) in [7, 11) is 1.75. The molecule has 1 aromatic rings. The first kappa shape index (κ1) is 16.4. The van der Waals surface area contributed by atoms with Gasteiger partial charge < -0.3 is 15.3 Å². The third-order valence-electron chi connectivity index (χ3n) is 3.08. The maximum Gasteiger partial charge on any atom is 0.355 e. The van der Waals surface area contributed by atoms with E-state index in [2.05, 4.69) is 24.1 Å². The second-order valence-corrected chi connectivity index (χ2v) is 5.83. The van der Waals surface area contributed by atoms with Gasteiger partial charge >= 0.3 is 12.0 Å². The zero-order valence-corrected chi connectivity index (χ0v) is 13.0. The Balaban J connectivity index is 2.58. The van der Waals surface area contributed by atoms with Gasteiger partial charge in [-0.2, -0.15) is 0 Å². The molecule has 0 saturated carbocycles. The Hall–Kier alpha value is -1.63. The highest BCUT2D eigenvalue weighted by Gasteiger charge is 2.18. The van der Waals surface area contributed by atoms with E-state index < -0.39 is 5.97 Å². The topological polar surface area (TPSA) is 82.5 Å². The minimum atomic E-state index is -1.06. The first-order chi connectivity index (χ1) is 9.35. The van der Waals surface area contributed by atoms with Crippen LogP contribution in [0.25, 0.3) is 0 Å². The molecule has 1 heterocycles. The molecule has 0 aliphatic carbocycles. The largest absolute Gasteiger partial charge is 0.476 e. The smallest absolute Gasteiger partial charge is 0.355 e. The first-order valence-corrected chi connectivity index (χ1v) is 7.43. The van der Waals surface area contributed by atoms with Gasteiger partial charge in [0.25, 0.3) is 0 Å². The van der Waals surface area contributed by atoms with E-state index in [0.29, 0.717) is 17.5 Å². The summed E-state index contributed by atoms with van der Waals surface area (Å²) in [6, 6.07) is -0.482. The van der Waals surface area contributed by atoms with E-state index in [1.54, 1.807) is 18.9 Å². The summed E-state index contributed by atoms with van der Waals surface area (Å²) in [5.41, 5.74) is 0.0130. The number of carboxylic acid groups (broad SMARTS) is 1. The molecule has 7 heteroatoms. The Kier molecular flexibility index (Phi) is 5.94. The number of aromatic nitrogens is 1. The highest BCUT2D eigenvalue weighted by Crippen LogP contribution is 2.18. The van der Waals surface area contributed by atoms with Crippen molar-refractivity contribution >= 4 is 23.3 Å². The highest BCUT2D eigenvalue weighted by atomic mass is 32.1. The maximum absolute atomic E-state index is 12.0. The van der Waals surface area contributed by atoms with Crippen LogP contribution in [-0.4, -0.2) is 40.6 Å². The van der Waals surface area contributed by atoms with Crippen LogP contribution < -0.4 is 5.32 Å². The van der Waals surface area contributed by atoms with Crippen molar-refractivity contribution in [2.75, 3.05) is 13.6 Å². The van der Waals surface area contributed by atoms with Gasteiger partial charge in [0.1, 0.15) is 5.01 Å². The van der Waals surface area contributed by atoms with Crippen LogP contribution in [0.5, 0.6) is 0 Å². The number of urea groups is 1. The third-order valence-corrected chi connectivity index (χ3v) is 4.11. The lowest BCUT2D eigenvalue weighted by atomic mass is 10.1. The molecule has 112 valence electrons. The molecule has 2 N–H and O–H groups in total. The van der Waals surface area contributed by atoms with Gasteiger partial charge in [-0.1, -0.05) is 20.3 Å². The van der Waals surface area contributed by atoms with Crippen molar-refractivity contribution in [1.29, 1.82) is 0 Å². The standard InChI is InChI=1S/C13H21N3O3S/c1-5-8(2)6-16(4)13(19)14-9(3)11-15-10(7-20-11)12(17)18/h7-9H,5-6H2,1-4H3,(H,14,19)(H,17,18).